The van der Waals surface area contributed by atoms with Crippen LogP contribution in [0, 0.1) is 0 Å². The predicted octanol–water partition coefficient (Wildman–Crippen LogP) is 2.83. The molecule has 1 aliphatic rings. The minimum Gasteiger partial charge on any atom is -0.493 e. The lowest BCUT2D eigenvalue weighted by atomic mass is 10.0. The van der Waals surface area contributed by atoms with E-state index >= 15 is 0 Å². The summed E-state index contributed by atoms with van der Waals surface area (Å²) in [5.41, 5.74) is 1.90. The van der Waals surface area contributed by atoms with Crippen LogP contribution >= 0.6 is 0 Å². The van der Waals surface area contributed by atoms with Crippen molar-refractivity contribution in [2.45, 2.75) is 32.6 Å². The Hall–Kier alpha value is -2.04. The molecular formula is C16H22N2O3. The summed E-state index contributed by atoms with van der Waals surface area (Å²) in [6, 6.07) is 5.74. The first kappa shape index (κ1) is 15.4. The third-order valence-corrected chi connectivity index (χ3v) is 3.49. The molecule has 2 rings (SSSR count). The summed E-state index contributed by atoms with van der Waals surface area (Å²) in [7, 11) is 3.23. The van der Waals surface area contributed by atoms with E-state index in [0.717, 1.165) is 30.5 Å². The van der Waals surface area contributed by atoms with E-state index in [4.69, 9.17) is 9.47 Å². The molecule has 1 amide bonds. The van der Waals surface area contributed by atoms with Crippen LogP contribution in [-0.2, 0) is 4.79 Å². The summed E-state index contributed by atoms with van der Waals surface area (Å²) < 4.78 is 10.6. The van der Waals surface area contributed by atoms with Crippen molar-refractivity contribution in [2.24, 2.45) is 5.10 Å². The minimum absolute atomic E-state index is 0.104. The molecule has 0 N–H and O–H groups in total. The molecule has 1 aromatic carbocycles. The molecule has 0 spiro atoms. The van der Waals surface area contributed by atoms with Crippen molar-refractivity contribution in [2.75, 3.05) is 20.8 Å². The van der Waals surface area contributed by atoms with Crippen molar-refractivity contribution in [3.8, 4) is 11.5 Å². The molecule has 0 unspecified atom stereocenters. The molecule has 1 aliphatic heterocycles. The molecule has 0 saturated heterocycles. The highest BCUT2D eigenvalue weighted by atomic mass is 16.5. The number of ether oxygens (including phenoxy) is 2. The molecule has 0 saturated carbocycles. The van der Waals surface area contributed by atoms with Crippen molar-refractivity contribution in [1.82, 2.24) is 5.01 Å². The van der Waals surface area contributed by atoms with E-state index < -0.39 is 0 Å². The van der Waals surface area contributed by atoms with Gasteiger partial charge in [-0.1, -0.05) is 6.92 Å². The fraction of sp³-hybridized carbons (Fsp3) is 0.500. The maximum Gasteiger partial charge on any atom is 0.242 e. The van der Waals surface area contributed by atoms with E-state index in [1.54, 1.807) is 19.2 Å². The Morgan fingerprint density at radius 3 is 2.62 bits per heavy atom. The number of nitrogens with zero attached hydrogens (tertiary/aromatic N) is 2. The molecule has 5 nitrogen and oxygen atoms in total. The van der Waals surface area contributed by atoms with Crippen LogP contribution in [0.1, 0.15) is 38.2 Å². The number of carbonyl (C=O) groups is 1. The fourth-order valence-corrected chi connectivity index (χ4v) is 2.39. The zero-order valence-corrected chi connectivity index (χ0v) is 12.9. The number of rotatable bonds is 5. The lowest BCUT2D eigenvalue weighted by molar-refractivity contribution is -0.131. The van der Waals surface area contributed by atoms with Gasteiger partial charge in [0.25, 0.3) is 0 Å². The van der Waals surface area contributed by atoms with Crippen molar-refractivity contribution < 1.29 is 14.3 Å². The van der Waals surface area contributed by atoms with Gasteiger partial charge in [0.1, 0.15) is 0 Å². The Balaban J connectivity index is 2.34. The highest BCUT2D eigenvalue weighted by Gasteiger charge is 2.19. The van der Waals surface area contributed by atoms with Crippen LogP contribution < -0.4 is 9.47 Å². The molecule has 114 valence electrons. The summed E-state index contributed by atoms with van der Waals surface area (Å²) in [5, 5.41) is 6.15. The SMILES string of the molecule is CCCN1N=C(c2ccc(OC)c(OC)c2)CCCC1=O. The monoisotopic (exact) mass is 290 g/mol. The van der Waals surface area contributed by atoms with Crippen molar-refractivity contribution in [1.29, 1.82) is 0 Å². The van der Waals surface area contributed by atoms with Crippen molar-refractivity contribution >= 4 is 11.6 Å². The van der Waals surface area contributed by atoms with Gasteiger partial charge < -0.3 is 9.47 Å². The summed E-state index contributed by atoms with van der Waals surface area (Å²) in [6.07, 6.45) is 3.07. The maximum absolute atomic E-state index is 12.0. The number of amides is 1. The topological polar surface area (TPSA) is 51.1 Å². The normalized spacial score (nSPS) is 15.5. The number of hydrogen-bond acceptors (Lipinski definition) is 4. The van der Waals surface area contributed by atoms with Gasteiger partial charge >= 0.3 is 0 Å². The van der Waals surface area contributed by atoms with Crippen molar-refractivity contribution in [3.63, 3.8) is 0 Å². The van der Waals surface area contributed by atoms with E-state index in [2.05, 4.69) is 5.10 Å². The van der Waals surface area contributed by atoms with E-state index in [1.165, 1.54) is 0 Å². The molecule has 0 aliphatic carbocycles. The van der Waals surface area contributed by atoms with Crippen LogP contribution in [0.5, 0.6) is 11.5 Å². The van der Waals surface area contributed by atoms with Gasteiger partial charge in [0, 0.05) is 18.5 Å². The third-order valence-electron chi connectivity index (χ3n) is 3.49. The molecule has 0 aromatic heterocycles. The molecule has 0 radical (unpaired) electrons. The molecule has 5 heteroatoms. The van der Waals surface area contributed by atoms with Gasteiger partial charge in [0.15, 0.2) is 11.5 Å². The summed E-state index contributed by atoms with van der Waals surface area (Å²) in [4.78, 5) is 12.0. The summed E-state index contributed by atoms with van der Waals surface area (Å²) in [6.45, 7) is 2.71. The third kappa shape index (κ3) is 3.54. The molecular weight excluding hydrogens is 268 g/mol. The first-order valence-electron chi connectivity index (χ1n) is 7.29. The Morgan fingerprint density at radius 1 is 1.19 bits per heavy atom. The first-order valence-corrected chi connectivity index (χ1v) is 7.29. The number of benzene rings is 1. The number of hydrogen-bond donors (Lipinski definition) is 0. The Kier molecular flexibility index (Phi) is 5.20. The first-order chi connectivity index (χ1) is 10.2. The lowest BCUT2D eigenvalue weighted by Crippen LogP contribution is -2.26. The molecule has 1 aromatic rings. The molecule has 21 heavy (non-hydrogen) atoms. The second-order valence-electron chi connectivity index (χ2n) is 4.99. The van der Waals surface area contributed by atoms with Crippen LogP contribution in [-0.4, -0.2) is 37.4 Å². The lowest BCUT2D eigenvalue weighted by Gasteiger charge is -2.16. The second-order valence-corrected chi connectivity index (χ2v) is 4.99. The van der Waals surface area contributed by atoms with E-state index in [1.807, 2.05) is 25.1 Å². The van der Waals surface area contributed by atoms with Crippen LogP contribution in [0.4, 0.5) is 0 Å². The van der Waals surface area contributed by atoms with Gasteiger partial charge in [0.2, 0.25) is 5.91 Å². The second kappa shape index (κ2) is 7.11. The molecule has 0 atom stereocenters. The van der Waals surface area contributed by atoms with E-state index in [0.29, 0.717) is 24.5 Å². The van der Waals surface area contributed by atoms with E-state index in [9.17, 15) is 4.79 Å². The Bertz CT molecular complexity index is 540. The van der Waals surface area contributed by atoms with Crippen LogP contribution in [0.2, 0.25) is 0 Å². The van der Waals surface area contributed by atoms with Gasteiger partial charge in [-0.25, -0.2) is 5.01 Å². The number of methoxy groups -OCH3 is 2. The Morgan fingerprint density at radius 2 is 1.95 bits per heavy atom. The van der Waals surface area contributed by atoms with E-state index in [-0.39, 0.29) is 5.91 Å². The van der Waals surface area contributed by atoms with Crippen LogP contribution in [0.15, 0.2) is 23.3 Å². The van der Waals surface area contributed by atoms with Gasteiger partial charge in [-0.3, -0.25) is 4.79 Å². The predicted molar refractivity (Wildman–Crippen MR) is 81.9 cm³/mol. The van der Waals surface area contributed by atoms with Crippen molar-refractivity contribution in [3.05, 3.63) is 23.8 Å². The minimum atomic E-state index is 0.104. The van der Waals surface area contributed by atoms with Gasteiger partial charge in [-0.15, -0.1) is 0 Å². The molecule has 0 fully saturated rings. The number of hydrazone groups is 1. The van der Waals surface area contributed by atoms with Gasteiger partial charge in [-0.2, -0.15) is 5.10 Å². The summed E-state index contributed by atoms with van der Waals surface area (Å²) >= 11 is 0. The highest BCUT2D eigenvalue weighted by Crippen LogP contribution is 2.29. The largest absolute Gasteiger partial charge is 0.493 e. The fourth-order valence-electron chi connectivity index (χ4n) is 2.39. The maximum atomic E-state index is 12.0. The Labute approximate surface area is 125 Å². The van der Waals surface area contributed by atoms with Crippen LogP contribution in [0.3, 0.4) is 0 Å². The van der Waals surface area contributed by atoms with Gasteiger partial charge in [-0.05, 0) is 37.5 Å². The zero-order chi connectivity index (χ0) is 15.2. The average molecular weight is 290 g/mol. The summed E-state index contributed by atoms with van der Waals surface area (Å²) in [5.74, 6) is 1.47. The zero-order valence-electron chi connectivity index (χ0n) is 12.9. The molecule has 0 bridgehead atoms. The smallest absolute Gasteiger partial charge is 0.242 e. The molecule has 1 heterocycles. The highest BCUT2D eigenvalue weighted by molar-refractivity contribution is 6.02. The van der Waals surface area contributed by atoms with Crippen LogP contribution in [0.25, 0.3) is 0 Å². The average Bonchev–Trinajstić information content (AvgIpc) is 2.69. The number of carbonyl (C=O) groups excluding carboxylic acids is 1. The van der Waals surface area contributed by atoms with Gasteiger partial charge in [0.05, 0.1) is 19.9 Å². The quantitative estimate of drug-likeness (QED) is 0.838. The standard InChI is InChI=1S/C16H22N2O3/c1-4-10-18-16(19)7-5-6-13(17-18)12-8-9-14(20-2)15(11-12)21-3/h8-9,11H,4-7,10H2,1-3H3.